The average molecular weight is 574 g/mol. The minimum Gasteiger partial charge on any atom is -0.276 e. The van der Waals surface area contributed by atoms with Crippen molar-refractivity contribution in [3.63, 3.8) is 0 Å². The number of hydrogen-bond donors (Lipinski definition) is 0. The van der Waals surface area contributed by atoms with E-state index in [1.807, 2.05) is 18.3 Å². The smallest absolute Gasteiger partial charge is 0.146 e. The summed E-state index contributed by atoms with van der Waals surface area (Å²) in [5.41, 5.74) is 9.96. The first-order valence-electron chi connectivity index (χ1n) is 15.3. The molecule has 9 aromatic rings. The Kier molecular flexibility index (Phi) is 5.82. The first-order chi connectivity index (χ1) is 22.3. The van der Waals surface area contributed by atoms with Crippen LogP contribution in [0, 0.1) is 0 Å². The SMILES string of the molecule is c1ccc(-c2c3ccccc3c(-c3ccc(-c4nc(-c5ccccc5)c5ccc6cccnc6n45)cc3)c3ccccc23)cc1. The number of aromatic nitrogens is 3. The highest BCUT2D eigenvalue weighted by Crippen LogP contribution is 2.44. The molecule has 45 heavy (non-hydrogen) atoms. The Morgan fingerprint density at radius 3 is 1.51 bits per heavy atom. The molecule has 0 spiro atoms. The molecule has 0 amide bonds. The summed E-state index contributed by atoms with van der Waals surface area (Å²) in [5, 5.41) is 6.08. The maximum Gasteiger partial charge on any atom is 0.146 e. The molecule has 0 aliphatic heterocycles. The van der Waals surface area contributed by atoms with E-state index >= 15 is 0 Å². The highest BCUT2D eigenvalue weighted by molar-refractivity contribution is 6.21. The normalized spacial score (nSPS) is 11.6. The van der Waals surface area contributed by atoms with Crippen molar-refractivity contribution in [3.05, 3.63) is 164 Å². The highest BCUT2D eigenvalue weighted by Gasteiger charge is 2.19. The molecule has 0 aliphatic carbocycles. The van der Waals surface area contributed by atoms with Crippen LogP contribution in [0.4, 0.5) is 0 Å². The second-order valence-electron chi connectivity index (χ2n) is 11.4. The largest absolute Gasteiger partial charge is 0.276 e. The van der Waals surface area contributed by atoms with Gasteiger partial charge in [-0.05, 0) is 68.1 Å². The first kappa shape index (κ1) is 25.4. The molecule has 0 N–H and O–H groups in total. The van der Waals surface area contributed by atoms with Crippen LogP contribution in [0.1, 0.15) is 0 Å². The van der Waals surface area contributed by atoms with Crippen LogP contribution in [-0.2, 0) is 0 Å². The van der Waals surface area contributed by atoms with Crippen molar-refractivity contribution < 1.29 is 0 Å². The molecule has 0 saturated carbocycles. The molecule has 0 fully saturated rings. The Bertz CT molecular complexity index is 2450. The van der Waals surface area contributed by atoms with Crippen molar-refractivity contribution in [2.24, 2.45) is 0 Å². The summed E-state index contributed by atoms with van der Waals surface area (Å²) < 4.78 is 2.20. The molecule has 9 rings (SSSR count). The molecule has 0 atom stereocenters. The molecule has 3 nitrogen and oxygen atoms in total. The fraction of sp³-hybridized carbons (Fsp3) is 0. The van der Waals surface area contributed by atoms with Crippen molar-refractivity contribution in [2.75, 3.05) is 0 Å². The van der Waals surface area contributed by atoms with Gasteiger partial charge in [0, 0.05) is 22.7 Å². The molecule has 3 aromatic heterocycles. The maximum atomic E-state index is 5.25. The standard InChI is InChI=1S/C42H27N3/c1-3-12-28(13-4-1)38-33-17-7-9-19-35(33)39(36-20-10-8-18-34(36)38)29-21-23-32(24-22-29)42-44-40(30-14-5-2-6-15-30)37-26-25-31-16-11-27-43-41(31)45(37)42/h1-27H. The topological polar surface area (TPSA) is 30.2 Å². The van der Waals surface area contributed by atoms with E-state index in [0.29, 0.717) is 0 Å². The number of pyridine rings is 2. The van der Waals surface area contributed by atoms with E-state index in [9.17, 15) is 0 Å². The summed E-state index contributed by atoms with van der Waals surface area (Å²) in [5.74, 6) is 0.883. The Morgan fingerprint density at radius 1 is 0.400 bits per heavy atom. The molecule has 0 radical (unpaired) electrons. The van der Waals surface area contributed by atoms with Gasteiger partial charge in [-0.3, -0.25) is 4.40 Å². The van der Waals surface area contributed by atoms with Crippen molar-refractivity contribution in [3.8, 4) is 44.9 Å². The van der Waals surface area contributed by atoms with Crippen molar-refractivity contribution in [1.29, 1.82) is 0 Å². The molecule has 0 aliphatic rings. The van der Waals surface area contributed by atoms with Gasteiger partial charge in [0.25, 0.3) is 0 Å². The minimum absolute atomic E-state index is 0.883. The van der Waals surface area contributed by atoms with E-state index in [0.717, 1.165) is 39.2 Å². The van der Waals surface area contributed by atoms with Gasteiger partial charge in [0.15, 0.2) is 0 Å². The number of nitrogens with zero attached hydrogens (tertiary/aromatic N) is 3. The van der Waals surface area contributed by atoms with E-state index < -0.39 is 0 Å². The quantitative estimate of drug-likeness (QED) is 0.196. The lowest BCUT2D eigenvalue weighted by atomic mass is 9.86. The monoisotopic (exact) mass is 573 g/mol. The van der Waals surface area contributed by atoms with Gasteiger partial charge >= 0.3 is 0 Å². The molecule has 210 valence electrons. The van der Waals surface area contributed by atoms with Crippen LogP contribution >= 0.6 is 0 Å². The summed E-state index contributed by atoms with van der Waals surface area (Å²) in [4.78, 5) is 10.0. The second-order valence-corrected chi connectivity index (χ2v) is 11.4. The van der Waals surface area contributed by atoms with Gasteiger partial charge in [0.05, 0.1) is 11.2 Å². The van der Waals surface area contributed by atoms with Crippen molar-refractivity contribution in [1.82, 2.24) is 14.4 Å². The van der Waals surface area contributed by atoms with Gasteiger partial charge in [-0.15, -0.1) is 0 Å². The van der Waals surface area contributed by atoms with Crippen LogP contribution in [0.25, 0.3) is 83.0 Å². The van der Waals surface area contributed by atoms with Crippen LogP contribution in [0.5, 0.6) is 0 Å². The molecule has 0 saturated heterocycles. The molecule has 3 heteroatoms. The number of rotatable bonds is 4. The third kappa shape index (κ3) is 4.05. The number of benzene rings is 6. The second kappa shape index (κ2) is 10.3. The van der Waals surface area contributed by atoms with Crippen LogP contribution in [-0.4, -0.2) is 14.4 Å². The van der Waals surface area contributed by atoms with Crippen molar-refractivity contribution in [2.45, 2.75) is 0 Å². The van der Waals surface area contributed by atoms with Gasteiger partial charge in [0.1, 0.15) is 11.5 Å². The molecular weight excluding hydrogens is 546 g/mol. The van der Waals surface area contributed by atoms with Gasteiger partial charge < -0.3 is 0 Å². The van der Waals surface area contributed by atoms with E-state index in [4.69, 9.17) is 9.97 Å². The zero-order chi connectivity index (χ0) is 29.7. The summed E-state index contributed by atoms with van der Waals surface area (Å²) in [6.45, 7) is 0. The predicted molar refractivity (Wildman–Crippen MR) is 187 cm³/mol. The van der Waals surface area contributed by atoms with Gasteiger partial charge in [-0.1, -0.05) is 133 Å². The van der Waals surface area contributed by atoms with Crippen LogP contribution in [0.15, 0.2) is 164 Å². The zero-order valence-corrected chi connectivity index (χ0v) is 24.4. The lowest BCUT2D eigenvalue weighted by molar-refractivity contribution is 1.17. The maximum absolute atomic E-state index is 5.25. The van der Waals surface area contributed by atoms with Crippen molar-refractivity contribution >= 4 is 38.1 Å². The average Bonchev–Trinajstić information content (AvgIpc) is 3.52. The lowest BCUT2D eigenvalue weighted by Crippen LogP contribution is -1.94. The fourth-order valence-corrected chi connectivity index (χ4v) is 6.84. The zero-order valence-electron chi connectivity index (χ0n) is 24.4. The highest BCUT2D eigenvalue weighted by atomic mass is 15.1. The lowest BCUT2D eigenvalue weighted by Gasteiger charge is -2.17. The van der Waals surface area contributed by atoms with Crippen LogP contribution in [0.2, 0.25) is 0 Å². The molecule has 3 heterocycles. The molecular formula is C42H27N3. The summed E-state index contributed by atoms with van der Waals surface area (Å²) in [6.07, 6.45) is 1.85. The fourth-order valence-electron chi connectivity index (χ4n) is 6.84. The van der Waals surface area contributed by atoms with Gasteiger partial charge in [-0.2, -0.15) is 0 Å². The van der Waals surface area contributed by atoms with Crippen LogP contribution in [0.3, 0.4) is 0 Å². The molecule has 0 bridgehead atoms. The Hall–Kier alpha value is -6.06. The van der Waals surface area contributed by atoms with Crippen LogP contribution < -0.4 is 0 Å². The number of imidazole rings is 1. The number of fused-ring (bicyclic) bond motifs is 5. The predicted octanol–water partition coefficient (Wildman–Crippen LogP) is 10.9. The van der Waals surface area contributed by atoms with E-state index in [1.54, 1.807) is 0 Å². The van der Waals surface area contributed by atoms with E-state index in [2.05, 4.69) is 150 Å². The Morgan fingerprint density at radius 2 is 0.911 bits per heavy atom. The summed E-state index contributed by atoms with van der Waals surface area (Å²) in [7, 11) is 0. The summed E-state index contributed by atoms with van der Waals surface area (Å²) >= 11 is 0. The number of hydrogen-bond acceptors (Lipinski definition) is 2. The molecule has 0 unspecified atom stereocenters. The van der Waals surface area contributed by atoms with Gasteiger partial charge in [0.2, 0.25) is 0 Å². The third-order valence-corrected chi connectivity index (χ3v) is 8.84. The third-order valence-electron chi connectivity index (χ3n) is 8.84. The molecule has 6 aromatic carbocycles. The van der Waals surface area contributed by atoms with E-state index in [-0.39, 0.29) is 0 Å². The Labute approximate surface area is 260 Å². The minimum atomic E-state index is 0.883. The van der Waals surface area contributed by atoms with Gasteiger partial charge in [-0.25, -0.2) is 9.97 Å². The summed E-state index contributed by atoms with van der Waals surface area (Å²) in [6, 6.07) is 56.0. The first-order valence-corrected chi connectivity index (χ1v) is 15.3. The van der Waals surface area contributed by atoms with E-state index in [1.165, 1.54) is 43.8 Å². The Balaban J connectivity index is 1.27.